The van der Waals surface area contributed by atoms with Crippen molar-refractivity contribution in [1.29, 1.82) is 0 Å². The maximum absolute atomic E-state index is 10.2. The van der Waals surface area contributed by atoms with Gasteiger partial charge in [-0.25, -0.2) is 4.18 Å². The van der Waals surface area contributed by atoms with Crippen LogP contribution in [0.15, 0.2) is 0 Å². The summed E-state index contributed by atoms with van der Waals surface area (Å²) in [4.78, 5) is 29.3. The summed E-state index contributed by atoms with van der Waals surface area (Å²) in [6.07, 6.45) is 11.9. The summed E-state index contributed by atoms with van der Waals surface area (Å²) < 4.78 is 33.0. The summed E-state index contributed by atoms with van der Waals surface area (Å²) in [5.41, 5.74) is 0. The van der Waals surface area contributed by atoms with Crippen molar-refractivity contribution < 1.29 is 36.3 Å². The molecule has 0 aliphatic heterocycles. The van der Waals surface area contributed by atoms with E-state index in [0.717, 1.165) is 12.8 Å². The third-order valence-electron chi connectivity index (χ3n) is 2.73. The Hall–Kier alpha value is 1.15. The Kier molecular flexibility index (Phi) is 27.9. The fraction of sp³-hybridized carbons (Fsp3) is 1.00. The summed E-state index contributed by atoms with van der Waals surface area (Å²) in [5.74, 6) is 0. The number of hydrogen-bond acceptors (Lipinski definition) is 8. The zero-order valence-electron chi connectivity index (χ0n) is 13.9. The zero-order valence-corrected chi connectivity index (χ0v) is 15.7. The third kappa shape index (κ3) is 49.5. The average molecular weight is 422 g/mol. The van der Waals surface area contributed by atoms with E-state index in [2.05, 4.69) is 11.1 Å². The van der Waals surface area contributed by atoms with Crippen LogP contribution in [0.4, 0.5) is 0 Å². The van der Waals surface area contributed by atoms with Crippen LogP contribution in [-0.4, -0.2) is 85.5 Å². The van der Waals surface area contributed by atoms with E-state index in [1.54, 1.807) is 0 Å². The quantitative estimate of drug-likeness (QED) is 0.147. The normalized spacial score (nSPS) is 10.9. The second-order valence-corrected chi connectivity index (χ2v) is 7.32. The molecule has 0 aromatic carbocycles. The molecule has 0 aromatic heterocycles. The van der Waals surface area contributed by atoms with Crippen LogP contribution in [0.5, 0.6) is 0 Å². The van der Waals surface area contributed by atoms with E-state index in [0.29, 0.717) is 6.42 Å². The van der Waals surface area contributed by atoms with Gasteiger partial charge < -0.3 is 25.3 Å². The van der Waals surface area contributed by atoms with Crippen LogP contribution >= 0.6 is 0 Å². The van der Waals surface area contributed by atoms with Crippen LogP contribution in [0.1, 0.15) is 71.1 Å². The fourth-order valence-electron chi connectivity index (χ4n) is 1.75. The summed E-state index contributed by atoms with van der Waals surface area (Å²) in [6, 6.07) is 0. The summed E-state index contributed by atoms with van der Waals surface area (Å²) in [7, 11) is -8.85. The van der Waals surface area contributed by atoms with Crippen LogP contribution in [-0.2, 0) is 14.6 Å². The first kappa shape index (κ1) is 32.8. The van der Waals surface area contributed by atoms with E-state index >= 15 is 0 Å². The molecule has 0 aliphatic rings. The standard InChI is InChI=1S/C12H26O4S.Ca.H3N.H4O4Si.2H/c1-2-3-4-5-6-7-8-9-10-11-12-16-17(13,14)15;;;1-5(2,3)4;;/h2-12H2,1H3,(H,13,14,15);;1H3;1-4H;;. The Balaban J connectivity index is -0.000000250. The molecule has 0 aromatic rings. The molecular formula is C12H35CaNO8SSi. The first-order valence-corrected chi connectivity index (χ1v) is 10.7. The number of hydrogen-bond donors (Lipinski definition) is 6. The molecule has 0 atom stereocenters. The van der Waals surface area contributed by atoms with Gasteiger partial charge in [0.05, 0.1) is 6.61 Å². The molecule has 9 nitrogen and oxygen atoms in total. The Morgan fingerprint density at radius 2 is 1.08 bits per heavy atom. The second-order valence-electron chi connectivity index (χ2n) is 5.03. The molecule has 0 saturated heterocycles. The van der Waals surface area contributed by atoms with E-state index in [9.17, 15) is 8.42 Å². The number of rotatable bonds is 12. The van der Waals surface area contributed by atoms with Gasteiger partial charge >= 0.3 is 57.2 Å². The van der Waals surface area contributed by atoms with Crippen molar-refractivity contribution in [2.75, 3.05) is 6.61 Å². The molecule has 0 spiro atoms. The van der Waals surface area contributed by atoms with Crippen molar-refractivity contribution in [3.63, 3.8) is 0 Å². The summed E-state index contributed by atoms with van der Waals surface area (Å²) in [5, 5.41) is 0. The van der Waals surface area contributed by atoms with E-state index < -0.39 is 19.4 Å². The molecule has 12 heteroatoms. The average Bonchev–Trinajstić information content (AvgIpc) is 2.32. The molecule has 0 radical (unpaired) electrons. The molecular weight excluding hydrogens is 386 g/mol. The molecule has 0 aliphatic carbocycles. The van der Waals surface area contributed by atoms with Gasteiger partial charge in [0.1, 0.15) is 0 Å². The molecule has 0 amide bonds. The topological polar surface area (TPSA) is 180 Å². The van der Waals surface area contributed by atoms with E-state index in [1.165, 1.54) is 44.9 Å². The van der Waals surface area contributed by atoms with Crippen molar-refractivity contribution in [3.05, 3.63) is 0 Å². The van der Waals surface area contributed by atoms with Crippen LogP contribution in [0, 0.1) is 0 Å². The molecule has 24 heavy (non-hydrogen) atoms. The van der Waals surface area contributed by atoms with E-state index in [4.69, 9.17) is 23.7 Å². The Morgan fingerprint density at radius 3 is 1.38 bits per heavy atom. The van der Waals surface area contributed by atoms with Gasteiger partial charge in [0, 0.05) is 0 Å². The predicted molar refractivity (Wildman–Crippen MR) is 97.5 cm³/mol. The molecule has 148 valence electrons. The van der Waals surface area contributed by atoms with Gasteiger partial charge in [-0.1, -0.05) is 64.7 Å². The Labute approximate surface area is 176 Å². The van der Waals surface area contributed by atoms with Gasteiger partial charge in [-0.15, -0.1) is 0 Å². The molecule has 0 unspecified atom stereocenters. The number of unbranched alkanes of at least 4 members (excludes halogenated alkanes) is 9. The zero-order chi connectivity index (χ0) is 17.5. The van der Waals surface area contributed by atoms with Gasteiger partial charge in [0.15, 0.2) is 0 Å². The maximum atomic E-state index is 10.2. The monoisotopic (exact) mass is 421 g/mol. The van der Waals surface area contributed by atoms with Crippen molar-refractivity contribution in [2.24, 2.45) is 0 Å². The van der Waals surface area contributed by atoms with E-state index in [1.807, 2.05) is 0 Å². The van der Waals surface area contributed by atoms with Crippen LogP contribution in [0.2, 0.25) is 0 Å². The van der Waals surface area contributed by atoms with Crippen molar-refractivity contribution >= 4 is 57.2 Å². The van der Waals surface area contributed by atoms with Crippen molar-refractivity contribution in [3.8, 4) is 0 Å². The SMILES string of the molecule is CCCCCCCCCCCCOS(=O)(=O)O.N.O[Si](O)(O)O.[CaH2]. The molecule has 0 bridgehead atoms. The first-order chi connectivity index (χ1) is 10.1. The fourth-order valence-corrected chi connectivity index (χ4v) is 2.08. The summed E-state index contributed by atoms with van der Waals surface area (Å²) >= 11 is 0. The minimum atomic E-state index is -4.61. The van der Waals surface area contributed by atoms with Crippen LogP contribution in [0.25, 0.3) is 0 Å². The van der Waals surface area contributed by atoms with Gasteiger partial charge in [-0.2, -0.15) is 8.42 Å². The van der Waals surface area contributed by atoms with Crippen LogP contribution in [0.3, 0.4) is 0 Å². The van der Waals surface area contributed by atoms with Gasteiger partial charge in [0.25, 0.3) is 0 Å². The molecule has 0 heterocycles. The predicted octanol–water partition coefficient (Wildman–Crippen LogP) is 0.364. The Bertz CT molecular complexity index is 334. The van der Waals surface area contributed by atoms with Gasteiger partial charge in [0.2, 0.25) is 0 Å². The van der Waals surface area contributed by atoms with Gasteiger partial charge in [-0.05, 0) is 6.42 Å². The van der Waals surface area contributed by atoms with E-state index in [-0.39, 0.29) is 50.5 Å². The van der Waals surface area contributed by atoms with Crippen molar-refractivity contribution in [2.45, 2.75) is 71.1 Å². The summed E-state index contributed by atoms with van der Waals surface area (Å²) in [6.45, 7) is 2.31. The molecule has 0 fully saturated rings. The van der Waals surface area contributed by atoms with Crippen molar-refractivity contribution in [1.82, 2.24) is 6.15 Å². The first-order valence-electron chi connectivity index (χ1n) is 7.57. The minimum absolute atomic E-state index is 0. The third-order valence-corrected chi connectivity index (χ3v) is 3.19. The molecule has 0 saturated carbocycles. The van der Waals surface area contributed by atoms with Crippen LogP contribution < -0.4 is 6.15 Å². The van der Waals surface area contributed by atoms with Gasteiger partial charge in [-0.3, -0.25) is 4.55 Å². The Morgan fingerprint density at radius 1 is 0.792 bits per heavy atom. The molecule has 0 rings (SSSR count). The second kappa shape index (κ2) is 20.5. The molecule has 8 N–H and O–H groups in total.